The number of unbranched alkanes of at least 4 members (excludes halogenated alkanes) is 37. The molecule has 0 saturated heterocycles. The number of hydrogen-bond acceptors (Lipinski definition) is 6. The van der Waals surface area contributed by atoms with Crippen molar-refractivity contribution in [3.05, 3.63) is 48.6 Å². The van der Waals surface area contributed by atoms with Crippen LogP contribution in [-0.2, 0) is 28.6 Å². The van der Waals surface area contributed by atoms with Crippen molar-refractivity contribution in [3.63, 3.8) is 0 Å². The van der Waals surface area contributed by atoms with Gasteiger partial charge in [-0.05, 0) is 44.9 Å². The van der Waals surface area contributed by atoms with Crippen LogP contribution >= 0.6 is 0 Å². The minimum atomic E-state index is -0.805. The highest BCUT2D eigenvalue weighted by Gasteiger charge is 2.19. The maximum absolute atomic E-state index is 12.7. The minimum Gasteiger partial charge on any atom is -0.462 e. The van der Waals surface area contributed by atoms with E-state index in [1.165, 1.54) is 205 Å². The first-order valence-corrected chi connectivity index (χ1v) is 30.6. The molecular weight excluding hydrogens is 865 g/mol. The third-order valence-electron chi connectivity index (χ3n) is 13.6. The lowest BCUT2D eigenvalue weighted by atomic mass is 10.0. The van der Waals surface area contributed by atoms with Crippen molar-refractivity contribution in [1.29, 1.82) is 0 Å². The average molecular weight is 982 g/mol. The van der Waals surface area contributed by atoms with Gasteiger partial charge in [0.15, 0.2) is 6.10 Å². The van der Waals surface area contributed by atoms with Gasteiger partial charge in [-0.2, -0.15) is 0 Å². The number of allylic oxidation sites excluding steroid dienone is 8. The fraction of sp³-hybridized carbons (Fsp3) is 0.828. The van der Waals surface area contributed by atoms with E-state index >= 15 is 0 Å². The van der Waals surface area contributed by atoms with E-state index in [4.69, 9.17) is 14.2 Å². The molecule has 0 aromatic rings. The molecule has 408 valence electrons. The average Bonchev–Trinajstić information content (AvgIpc) is 3.36. The predicted octanol–water partition coefficient (Wildman–Crippen LogP) is 20.6. The minimum absolute atomic E-state index is 0.0992. The van der Waals surface area contributed by atoms with E-state index in [-0.39, 0.29) is 37.5 Å². The lowest BCUT2D eigenvalue weighted by Crippen LogP contribution is -2.30. The van der Waals surface area contributed by atoms with Crippen LogP contribution in [0.1, 0.15) is 323 Å². The molecule has 0 saturated carbocycles. The van der Waals surface area contributed by atoms with Crippen molar-refractivity contribution in [1.82, 2.24) is 0 Å². The Morgan fingerprint density at radius 2 is 0.557 bits per heavy atom. The molecule has 1 atom stereocenters. The Labute approximate surface area is 435 Å². The number of hydrogen-bond donors (Lipinski definition) is 0. The first-order valence-electron chi connectivity index (χ1n) is 30.6. The van der Waals surface area contributed by atoms with Gasteiger partial charge in [0.25, 0.3) is 0 Å². The molecule has 6 nitrogen and oxygen atoms in total. The summed E-state index contributed by atoms with van der Waals surface area (Å²) in [5, 5.41) is 0. The summed E-state index contributed by atoms with van der Waals surface area (Å²) in [7, 11) is 0. The van der Waals surface area contributed by atoms with Crippen LogP contribution in [0.25, 0.3) is 0 Å². The summed E-state index contributed by atoms with van der Waals surface area (Å²) in [4.78, 5) is 37.7. The van der Waals surface area contributed by atoms with Crippen LogP contribution in [0.3, 0.4) is 0 Å². The maximum atomic E-state index is 12.7. The van der Waals surface area contributed by atoms with E-state index in [1.54, 1.807) is 0 Å². The zero-order valence-corrected chi connectivity index (χ0v) is 46.8. The van der Waals surface area contributed by atoms with Crippen molar-refractivity contribution < 1.29 is 28.6 Å². The van der Waals surface area contributed by atoms with Gasteiger partial charge in [0.2, 0.25) is 0 Å². The molecule has 1 unspecified atom stereocenters. The third kappa shape index (κ3) is 56.3. The smallest absolute Gasteiger partial charge is 0.306 e. The van der Waals surface area contributed by atoms with Gasteiger partial charge in [-0.1, -0.05) is 307 Å². The van der Waals surface area contributed by atoms with Gasteiger partial charge in [0.05, 0.1) is 0 Å². The predicted molar refractivity (Wildman–Crippen MR) is 302 cm³/mol. The number of rotatable bonds is 56. The third-order valence-corrected chi connectivity index (χ3v) is 13.6. The van der Waals surface area contributed by atoms with Crippen LogP contribution in [0.4, 0.5) is 0 Å². The summed E-state index contributed by atoms with van der Waals surface area (Å²) in [6, 6.07) is 0. The van der Waals surface area contributed by atoms with Crippen LogP contribution in [0.15, 0.2) is 48.6 Å². The quantitative estimate of drug-likeness (QED) is 0.0261. The fourth-order valence-corrected chi connectivity index (χ4v) is 9.05. The summed E-state index contributed by atoms with van der Waals surface area (Å²) in [5.74, 6) is -0.986. The summed E-state index contributed by atoms with van der Waals surface area (Å²) >= 11 is 0. The van der Waals surface area contributed by atoms with Gasteiger partial charge in [-0.3, -0.25) is 14.4 Å². The highest BCUT2D eigenvalue weighted by Crippen LogP contribution is 2.18. The number of esters is 3. The molecule has 0 rings (SSSR count). The van der Waals surface area contributed by atoms with E-state index < -0.39 is 6.10 Å². The molecule has 6 heteroatoms. The Hall–Kier alpha value is -2.63. The molecule has 0 bridgehead atoms. The van der Waals surface area contributed by atoms with Gasteiger partial charge < -0.3 is 14.2 Å². The highest BCUT2D eigenvalue weighted by molar-refractivity contribution is 5.71. The molecule has 0 aromatic heterocycles. The lowest BCUT2D eigenvalue weighted by Gasteiger charge is -2.18. The molecular formula is C64H116O6. The van der Waals surface area contributed by atoms with E-state index in [9.17, 15) is 14.4 Å². The van der Waals surface area contributed by atoms with Crippen molar-refractivity contribution in [2.45, 2.75) is 329 Å². The molecule has 0 aliphatic heterocycles. The zero-order valence-electron chi connectivity index (χ0n) is 46.8. The number of carbonyl (C=O) groups is 3. The lowest BCUT2D eigenvalue weighted by molar-refractivity contribution is -0.166. The first-order chi connectivity index (χ1) is 34.5. The topological polar surface area (TPSA) is 78.9 Å². The van der Waals surface area contributed by atoms with E-state index in [0.717, 1.165) is 70.6 Å². The molecule has 0 N–H and O–H groups in total. The molecule has 0 fully saturated rings. The molecule has 0 spiro atoms. The molecule has 70 heavy (non-hydrogen) atoms. The summed E-state index contributed by atoms with van der Waals surface area (Å²) in [5.41, 5.74) is 0. The first kappa shape index (κ1) is 67.4. The molecule has 0 radical (unpaired) electrons. The molecule has 0 heterocycles. The van der Waals surface area contributed by atoms with Crippen molar-refractivity contribution in [2.24, 2.45) is 0 Å². The van der Waals surface area contributed by atoms with Gasteiger partial charge in [0.1, 0.15) is 13.2 Å². The van der Waals surface area contributed by atoms with Crippen molar-refractivity contribution in [3.8, 4) is 0 Å². The molecule has 0 aliphatic carbocycles. The second-order valence-electron chi connectivity index (χ2n) is 20.6. The zero-order chi connectivity index (χ0) is 50.7. The van der Waals surface area contributed by atoms with E-state index in [1.807, 2.05) is 12.2 Å². The summed E-state index contributed by atoms with van der Waals surface area (Å²) in [6.45, 7) is 6.40. The monoisotopic (exact) mass is 981 g/mol. The Morgan fingerprint density at radius 3 is 0.843 bits per heavy atom. The largest absolute Gasteiger partial charge is 0.462 e. The normalized spacial score (nSPS) is 12.3. The Balaban J connectivity index is 3.86. The Morgan fingerprint density at radius 1 is 0.300 bits per heavy atom. The van der Waals surface area contributed by atoms with Crippen LogP contribution in [-0.4, -0.2) is 37.2 Å². The van der Waals surface area contributed by atoms with Crippen molar-refractivity contribution in [2.75, 3.05) is 13.2 Å². The SMILES string of the molecule is CC/C=C\C/C=C\C/C=C\C/C=C\CCC(=O)OC(COC(=O)CCCCCCC)COC(=O)CCCCCCCCCCCCCCCCCCCCCCCCCCCCCCCCCCCC. The standard InChI is InChI=1S/C64H116O6/c1-4-7-10-13-15-17-19-21-22-23-24-25-26-27-28-29-30-31-32-33-34-35-36-37-38-39-40-41-43-44-46-48-51-54-57-63(66)69-60-61(59-68-62(65)56-53-50-12-9-6-3)70-64(67)58-55-52-49-47-45-42-20-18-16-14-11-8-5-2/h8,11,16,18,42,45,49,52,61H,4-7,9-10,12-15,17,19-41,43-44,46-48,50-51,53-60H2,1-3H3/b11-8-,18-16-,45-42-,52-49-. The molecule has 0 aliphatic rings. The Kier molecular flexibility index (Phi) is 56.7. The van der Waals surface area contributed by atoms with Gasteiger partial charge in [0, 0.05) is 19.3 Å². The Bertz CT molecular complexity index is 1220. The fourth-order valence-electron chi connectivity index (χ4n) is 9.05. The van der Waals surface area contributed by atoms with Crippen molar-refractivity contribution >= 4 is 17.9 Å². The highest BCUT2D eigenvalue weighted by atomic mass is 16.6. The second-order valence-corrected chi connectivity index (χ2v) is 20.6. The van der Waals surface area contributed by atoms with Gasteiger partial charge in [-0.25, -0.2) is 0 Å². The van der Waals surface area contributed by atoms with E-state index in [0.29, 0.717) is 19.3 Å². The van der Waals surface area contributed by atoms with E-state index in [2.05, 4.69) is 57.2 Å². The van der Waals surface area contributed by atoms with Gasteiger partial charge in [-0.15, -0.1) is 0 Å². The number of ether oxygens (including phenoxy) is 3. The molecule has 0 amide bonds. The van der Waals surface area contributed by atoms with Crippen LogP contribution in [0.5, 0.6) is 0 Å². The maximum Gasteiger partial charge on any atom is 0.306 e. The second kappa shape index (κ2) is 58.9. The summed E-state index contributed by atoms with van der Waals surface area (Å²) in [6.07, 6.45) is 73.7. The molecule has 0 aromatic carbocycles. The summed E-state index contributed by atoms with van der Waals surface area (Å²) < 4.78 is 16.6. The van der Waals surface area contributed by atoms with Gasteiger partial charge >= 0.3 is 17.9 Å². The number of carbonyl (C=O) groups excluding carboxylic acids is 3. The van der Waals surface area contributed by atoms with Crippen LogP contribution < -0.4 is 0 Å². The van der Waals surface area contributed by atoms with Crippen LogP contribution in [0, 0.1) is 0 Å². The van der Waals surface area contributed by atoms with Crippen LogP contribution in [0.2, 0.25) is 0 Å².